The van der Waals surface area contributed by atoms with E-state index in [1.165, 1.54) is 16.9 Å². The second kappa shape index (κ2) is 3.75. The summed E-state index contributed by atoms with van der Waals surface area (Å²) in [6.07, 6.45) is 5.66. The van der Waals surface area contributed by atoms with Crippen molar-refractivity contribution in [1.29, 1.82) is 0 Å². The molecule has 2 aromatic rings. The Balaban J connectivity index is 2.33. The molecule has 4 heteroatoms. The van der Waals surface area contributed by atoms with Crippen molar-refractivity contribution in [2.75, 3.05) is 0 Å². The van der Waals surface area contributed by atoms with Crippen LogP contribution < -0.4 is 0 Å². The lowest BCUT2D eigenvalue weighted by molar-refractivity contribution is 0.112. The molecule has 0 radical (unpaired) electrons. The molecular formula is C10H10N2OS. The Morgan fingerprint density at radius 3 is 3.07 bits per heavy atom. The summed E-state index contributed by atoms with van der Waals surface area (Å²) in [4.78, 5) is 11.2. The molecule has 0 unspecified atom stereocenters. The number of thiophene rings is 1. The summed E-state index contributed by atoms with van der Waals surface area (Å²) in [6.45, 7) is 2.09. The van der Waals surface area contributed by atoms with E-state index in [-0.39, 0.29) is 0 Å². The van der Waals surface area contributed by atoms with Crippen molar-refractivity contribution in [2.24, 2.45) is 0 Å². The molecule has 3 nitrogen and oxygen atoms in total. The third kappa shape index (κ3) is 1.61. The molecule has 2 heterocycles. The van der Waals surface area contributed by atoms with E-state index in [0.717, 1.165) is 23.3 Å². The van der Waals surface area contributed by atoms with Crippen LogP contribution in [0.15, 0.2) is 23.8 Å². The van der Waals surface area contributed by atoms with Gasteiger partial charge in [0.25, 0.3) is 0 Å². The van der Waals surface area contributed by atoms with Crippen LogP contribution in [0.2, 0.25) is 0 Å². The highest BCUT2D eigenvalue weighted by Crippen LogP contribution is 2.16. The number of hydrogen-bond donors (Lipinski definition) is 0. The quantitative estimate of drug-likeness (QED) is 0.722. The molecule has 0 spiro atoms. The van der Waals surface area contributed by atoms with Gasteiger partial charge >= 0.3 is 0 Å². The van der Waals surface area contributed by atoms with E-state index in [0.29, 0.717) is 0 Å². The molecule has 0 saturated heterocycles. The van der Waals surface area contributed by atoms with Gasteiger partial charge in [0, 0.05) is 11.6 Å². The van der Waals surface area contributed by atoms with E-state index in [2.05, 4.69) is 12.0 Å². The highest BCUT2D eigenvalue weighted by Gasteiger charge is 2.02. The zero-order chi connectivity index (χ0) is 9.97. The summed E-state index contributed by atoms with van der Waals surface area (Å²) in [5.41, 5.74) is 2.15. The van der Waals surface area contributed by atoms with Gasteiger partial charge in [0.15, 0.2) is 6.29 Å². The Kier molecular flexibility index (Phi) is 2.45. The Labute approximate surface area is 86.0 Å². The fourth-order valence-corrected chi connectivity index (χ4v) is 1.89. The van der Waals surface area contributed by atoms with Crippen LogP contribution in [-0.2, 0) is 6.42 Å². The van der Waals surface area contributed by atoms with Crippen LogP contribution in [0.4, 0.5) is 0 Å². The van der Waals surface area contributed by atoms with Crippen LogP contribution in [0.1, 0.15) is 22.2 Å². The first kappa shape index (κ1) is 9.15. The van der Waals surface area contributed by atoms with Crippen molar-refractivity contribution in [3.05, 3.63) is 34.3 Å². The Bertz CT molecular complexity index is 444. The van der Waals surface area contributed by atoms with Crippen molar-refractivity contribution in [2.45, 2.75) is 13.3 Å². The molecule has 0 aliphatic carbocycles. The van der Waals surface area contributed by atoms with E-state index >= 15 is 0 Å². The molecular weight excluding hydrogens is 196 g/mol. The number of carbonyl (C=O) groups excluding carboxylic acids is 1. The minimum Gasteiger partial charge on any atom is -0.297 e. The van der Waals surface area contributed by atoms with E-state index < -0.39 is 0 Å². The number of aromatic nitrogens is 2. The van der Waals surface area contributed by atoms with Crippen molar-refractivity contribution in [3.63, 3.8) is 0 Å². The van der Waals surface area contributed by atoms with Crippen molar-refractivity contribution in [3.8, 4) is 5.69 Å². The summed E-state index contributed by atoms with van der Waals surface area (Å²) in [5, 5.41) is 6.14. The van der Waals surface area contributed by atoms with Crippen LogP contribution in [0.5, 0.6) is 0 Å². The molecule has 0 atom stereocenters. The zero-order valence-electron chi connectivity index (χ0n) is 7.80. The van der Waals surface area contributed by atoms with Gasteiger partial charge in [-0.2, -0.15) is 5.10 Å². The summed E-state index contributed by atoms with van der Waals surface area (Å²) >= 11 is 1.43. The van der Waals surface area contributed by atoms with E-state index in [1.54, 1.807) is 4.68 Å². The molecule has 0 N–H and O–H groups in total. The number of aryl methyl sites for hydroxylation is 1. The highest BCUT2D eigenvalue weighted by atomic mass is 32.1. The number of carbonyl (C=O) groups is 1. The number of hydrogen-bond acceptors (Lipinski definition) is 3. The Morgan fingerprint density at radius 2 is 2.50 bits per heavy atom. The SMILES string of the molecule is CCc1cnn(-c2csc(C=O)c2)c1. The molecule has 2 rings (SSSR count). The van der Waals surface area contributed by atoms with Crippen LogP contribution in [-0.4, -0.2) is 16.1 Å². The Morgan fingerprint density at radius 1 is 1.64 bits per heavy atom. The highest BCUT2D eigenvalue weighted by molar-refractivity contribution is 7.12. The van der Waals surface area contributed by atoms with Gasteiger partial charge < -0.3 is 0 Å². The lowest BCUT2D eigenvalue weighted by Crippen LogP contribution is -1.90. The fraction of sp³-hybridized carbons (Fsp3) is 0.200. The average Bonchev–Trinajstić information content (AvgIpc) is 2.86. The third-order valence-corrected chi connectivity index (χ3v) is 2.88. The van der Waals surface area contributed by atoms with Gasteiger partial charge in [-0.25, -0.2) is 4.68 Å². The van der Waals surface area contributed by atoms with Gasteiger partial charge in [-0.3, -0.25) is 4.79 Å². The normalized spacial score (nSPS) is 10.4. The van der Waals surface area contributed by atoms with Crippen LogP contribution >= 0.6 is 11.3 Å². The summed E-state index contributed by atoms with van der Waals surface area (Å²) in [7, 11) is 0. The van der Waals surface area contributed by atoms with E-state index in [1.807, 2.05) is 23.8 Å². The third-order valence-electron chi connectivity index (χ3n) is 2.03. The molecule has 0 bridgehead atoms. The minimum atomic E-state index is 0.730. The second-order valence-corrected chi connectivity index (χ2v) is 3.91. The van der Waals surface area contributed by atoms with Crippen LogP contribution in [0, 0.1) is 0 Å². The number of rotatable bonds is 3. The predicted molar refractivity (Wildman–Crippen MR) is 56.2 cm³/mol. The lowest BCUT2D eigenvalue weighted by atomic mass is 10.3. The number of nitrogens with zero attached hydrogens (tertiary/aromatic N) is 2. The molecule has 0 aromatic carbocycles. The van der Waals surface area contributed by atoms with Crippen LogP contribution in [0.25, 0.3) is 5.69 Å². The Hall–Kier alpha value is -1.42. The standard InChI is InChI=1S/C10H10N2OS/c1-2-8-4-11-12(5-8)9-3-10(6-13)14-7-9/h3-7H,2H2,1H3. The smallest absolute Gasteiger partial charge is 0.160 e. The topological polar surface area (TPSA) is 34.9 Å². The minimum absolute atomic E-state index is 0.730. The monoisotopic (exact) mass is 206 g/mol. The summed E-state index contributed by atoms with van der Waals surface area (Å²) < 4.78 is 1.79. The molecule has 0 aliphatic heterocycles. The molecule has 0 aliphatic rings. The number of aldehydes is 1. The predicted octanol–water partition coefficient (Wildman–Crippen LogP) is 2.31. The van der Waals surface area contributed by atoms with Crippen molar-refractivity contribution >= 4 is 17.6 Å². The largest absolute Gasteiger partial charge is 0.297 e. The maximum atomic E-state index is 10.5. The first-order chi connectivity index (χ1) is 6.83. The van der Waals surface area contributed by atoms with E-state index in [4.69, 9.17) is 0 Å². The molecule has 14 heavy (non-hydrogen) atoms. The van der Waals surface area contributed by atoms with Crippen LogP contribution in [0.3, 0.4) is 0 Å². The average molecular weight is 206 g/mol. The lowest BCUT2D eigenvalue weighted by Gasteiger charge is -1.93. The van der Waals surface area contributed by atoms with Gasteiger partial charge in [-0.15, -0.1) is 11.3 Å². The second-order valence-electron chi connectivity index (χ2n) is 2.97. The van der Waals surface area contributed by atoms with Gasteiger partial charge in [-0.05, 0) is 18.1 Å². The molecule has 0 saturated carbocycles. The van der Waals surface area contributed by atoms with Crippen molar-refractivity contribution in [1.82, 2.24) is 9.78 Å². The van der Waals surface area contributed by atoms with Gasteiger partial charge in [-0.1, -0.05) is 6.92 Å². The first-order valence-electron chi connectivity index (χ1n) is 4.41. The molecule has 0 amide bonds. The maximum Gasteiger partial charge on any atom is 0.160 e. The summed E-state index contributed by atoms with van der Waals surface area (Å²) in [6, 6.07) is 1.84. The molecule has 72 valence electrons. The fourth-order valence-electron chi connectivity index (χ4n) is 1.21. The maximum absolute atomic E-state index is 10.5. The first-order valence-corrected chi connectivity index (χ1v) is 5.29. The summed E-state index contributed by atoms with van der Waals surface area (Å²) in [5.74, 6) is 0. The van der Waals surface area contributed by atoms with Gasteiger partial charge in [0.05, 0.1) is 16.8 Å². The van der Waals surface area contributed by atoms with E-state index in [9.17, 15) is 4.79 Å². The molecule has 0 fully saturated rings. The van der Waals surface area contributed by atoms with Gasteiger partial charge in [0.1, 0.15) is 0 Å². The van der Waals surface area contributed by atoms with Crippen molar-refractivity contribution < 1.29 is 4.79 Å². The van der Waals surface area contributed by atoms with Gasteiger partial charge in [0.2, 0.25) is 0 Å². The molecule has 2 aromatic heterocycles. The zero-order valence-corrected chi connectivity index (χ0v) is 8.62.